The van der Waals surface area contributed by atoms with Crippen molar-refractivity contribution in [3.05, 3.63) is 76.8 Å². The molecule has 0 aromatic heterocycles. The number of carbonyl (C=O) groups excluding carboxylic acids is 1. The maximum Gasteiger partial charge on any atom is 0.232 e. The molecule has 5 heteroatoms. The van der Waals surface area contributed by atoms with Crippen molar-refractivity contribution in [1.29, 1.82) is 0 Å². The summed E-state index contributed by atoms with van der Waals surface area (Å²) in [7, 11) is 0. The van der Waals surface area contributed by atoms with Gasteiger partial charge < -0.3 is 5.32 Å². The predicted molar refractivity (Wildman–Crippen MR) is 86.7 cm³/mol. The van der Waals surface area contributed by atoms with Crippen molar-refractivity contribution in [2.75, 3.05) is 5.32 Å². The molecular formula is C17H14BrF2NO. The van der Waals surface area contributed by atoms with Gasteiger partial charge in [0, 0.05) is 10.2 Å². The largest absolute Gasteiger partial charge is 0.326 e. The number of benzene rings is 2. The fourth-order valence-corrected chi connectivity index (χ4v) is 2.32. The molecule has 0 aliphatic rings. The van der Waals surface area contributed by atoms with Gasteiger partial charge in [0.15, 0.2) is 11.6 Å². The van der Waals surface area contributed by atoms with Gasteiger partial charge in [0.25, 0.3) is 0 Å². The maximum absolute atomic E-state index is 13.4. The van der Waals surface area contributed by atoms with Crippen LogP contribution in [-0.4, -0.2) is 5.91 Å². The Morgan fingerprint density at radius 2 is 1.86 bits per heavy atom. The molecule has 0 saturated carbocycles. The lowest BCUT2D eigenvalue weighted by Gasteiger charge is -2.16. The van der Waals surface area contributed by atoms with E-state index in [0.29, 0.717) is 17.7 Å². The third-order valence-corrected chi connectivity index (χ3v) is 3.71. The van der Waals surface area contributed by atoms with E-state index in [1.54, 1.807) is 30.3 Å². The van der Waals surface area contributed by atoms with Crippen molar-refractivity contribution in [3.63, 3.8) is 0 Å². The summed E-state index contributed by atoms with van der Waals surface area (Å²) in [6, 6.07) is 10.6. The summed E-state index contributed by atoms with van der Waals surface area (Å²) in [6.45, 7) is 3.61. The second-order valence-corrected chi connectivity index (χ2v) is 5.66. The minimum Gasteiger partial charge on any atom is -0.326 e. The van der Waals surface area contributed by atoms with Crippen molar-refractivity contribution in [2.45, 2.75) is 12.3 Å². The molecule has 0 heterocycles. The monoisotopic (exact) mass is 365 g/mol. The number of allylic oxidation sites excluding steroid dienone is 1. The minimum atomic E-state index is -0.969. The van der Waals surface area contributed by atoms with E-state index in [0.717, 1.165) is 16.6 Å². The molecule has 1 amide bonds. The van der Waals surface area contributed by atoms with Crippen LogP contribution >= 0.6 is 15.9 Å². The number of halogens is 3. The predicted octanol–water partition coefficient (Wildman–Crippen LogP) is 5.03. The van der Waals surface area contributed by atoms with Crippen LogP contribution in [0.3, 0.4) is 0 Å². The van der Waals surface area contributed by atoms with Gasteiger partial charge in [0.1, 0.15) is 0 Å². The van der Waals surface area contributed by atoms with E-state index in [1.165, 1.54) is 6.07 Å². The van der Waals surface area contributed by atoms with Crippen LogP contribution in [0, 0.1) is 11.6 Å². The smallest absolute Gasteiger partial charge is 0.232 e. The van der Waals surface area contributed by atoms with Gasteiger partial charge in [-0.25, -0.2) is 8.78 Å². The Labute approximate surface area is 136 Å². The van der Waals surface area contributed by atoms with E-state index in [9.17, 15) is 13.6 Å². The lowest BCUT2D eigenvalue weighted by molar-refractivity contribution is -0.117. The first-order valence-corrected chi connectivity index (χ1v) is 7.43. The standard InChI is InChI=1S/C17H14BrF2NO/c1-2-3-14(11-4-9-15(19)16(20)10-11)17(22)21-13-7-5-12(18)6-8-13/h2,4-10,14H,1,3H2,(H,21,22). The molecule has 0 saturated heterocycles. The topological polar surface area (TPSA) is 29.1 Å². The van der Waals surface area contributed by atoms with E-state index in [1.807, 2.05) is 0 Å². The fourth-order valence-electron chi connectivity index (χ4n) is 2.05. The molecule has 0 aliphatic heterocycles. The average Bonchev–Trinajstić information content (AvgIpc) is 2.50. The second-order valence-electron chi connectivity index (χ2n) is 4.75. The van der Waals surface area contributed by atoms with Crippen molar-refractivity contribution < 1.29 is 13.6 Å². The van der Waals surface area contributed by atoms with Crippen LogP contribution < -0.4 is 5.32 Å². The number of nitrogens with one attached hydrogen (secondary N) is 1. The first-order chi connectivity index (χ1) is 10.5. The van der Waals surface area contributed by atoms with Crippen LogP contribution in [0.25, 0.3) is 0 Å². The van der Waals surface area contributed by atoms with Crippen LogP contribution in [0.2, 0.25) is 0 Å². The van der Waals surface area contributed by atoms with Crippen molar-refractivity contribution in [2.24, 2.45) is 0 Å². The highest BCUT2D eigenvalue weighted by Crippen LogP contribution is 2.24. The normalized spacial score (nSPS) is 11.8. The summed E-state index contributed by atoms with van der Waals surface area (Å²) in [5, 5.41) is 2.76. The van der Waals surface area contributed by atoms with Crippen LogP contribution in [0.15, 0.2) is 59.6 Å². The summed E-state index contributed by atoms with van der Waals surface area (Å²) >= 11 is 3.31. The summed E-state index contributed by atoms with van der Waals surface area (Å²) in [4.78, 5) is 12.4. The molecule has 0 bridgehead atoms. The molecule has 1 unspecified atom stereocenters. The molecule has 22 heavy (non-hydrogen) atoms. The number of hydrogen-bond donors (Lipinski definition) is 1. The Hall–Kier alpha value is -2.01. The highest BCUT2D eigenvalue weighted by Gasteiger charge is 2.20. The molecule has 1 atom stereocenters. The molecule has 2 nitrogen and oxygen atoms in total. The number of hydrogen-bond acceptors (Lipinski definition) is 1. The van der Waals surface area contributed by atoms with Crippen molar-refractivity contribution in [3.8, 4) is 0 Å². The van der Waals surface area contributed by atoms with Crippen LogP contribution in [0.5, 0.6) is 0 Å². The molecule has 1 N–H and O–H groups in total. The van der Waals surface area contributed by atoms with Gasteiger partial charge in [0.05, 0.1) is 5.92 Å². The average molecular weight is 366 g/mol. The SMILES string of the molecule is C=CCC(C(=O)Nc1ccc(Br)cc1)c1ccc(F)c(F)c1. The van der Waals surface area contributed by atoms with E-state index in [2.05, 4.69) is 27.8 Å². The van der Waals surface area contributed by atoms with E-state index >= 15 is 0 Å². The summed E-state index contributed by atoms with van der Waals surface area (Å²) < 4.78 is 27.3. The maximum atomic E-state index is 13.4. The quantitative estimate of drug-likeness (QED) is 0.740. The zero-order valence-electron chi connectivity index (χ0n) is 11.7. The molecule has 2 aromatic carbocycles. The Bertz CT molecular complexity index is 686. The van der Waals surface area contributed by atoms with Crippen LogP contribution in [0.1, 0.15) is 17.9 Å². The van der Waals surface area contributed by atoms with E-state index in [-0.39, 0.29) is 5.91 Å². The third-order valence-electron chi connectivity index (χ3n) is 3.18. The molecule has 0 aliphatic carbocycles. The summed E-state index contributed by atoms with van der Waals surface area (Å²) in [6.07, 6.45) is 1.90. The first kappa shape index (κ1) is 16.4. The highest BCUT2D eigenvalue weighted by atomic mass is 79.9. The first-order valence-electron chi connectivity index (χ1n) is 6.63. The second kappa shape index (κ2) is 7.31. The molecule has 114 valence electrons. The minimum absolute atomic E-state index is 0.298. The molecule has 2 rings (SSSR count). The van der Waals surface area contributed by atoms with Gasteiger partial charge >= 0.3 is 0 Å². The highest BCUT2D eigenvalue weighted by molar-refractivity contribution is 9.10. The zero-order chi connectivity index (χ0) is 16.1. The van der Waals surface area contributed by atoms with Crippen molar-refractivity contribution in [1.82, 2.24) is 0 Å². The van der Waals surface area contributed by atoms with Gasteiger partial charge in [-0.1, -0.05) is 28.1 Å². The van der Waals surface area contributed by atoms with E-state index < -0.39 is 17.6 Å². The molecule has 0 spiro atoms. The third kappa shape index (κ3) is 4.01. The molecular weight excluding hydrogens is 352 g/mol. The van der Waals surface area contributed by atoms with Gasteiger partial charge in [0.2, 0.25) is 5.91 Å². The Kier molecular flexibility index (Phi) is 5.44. The number of anilines is 1. The molecule has 2 aromatic rings. The summed E-state index contributed by atoms with van der Waals surface area (Å²) in [5.41, 5.74) is 1.04. The number of amides is 1. The van der Waals surface area contributed by atoms with Gasteiger partial charge in [-0.05, 0) is 48.4 Å². The lowest BCUT2D eigenvalue weighted by atomic mass is 9.94. The molecule has 0 fully saturated rings. The van der Waals surface area contributed by atoms with Gasteiger partial charge in [-0.2, -0.15) is 0 Å². The van der Waals surface area contributed by atoms with E-state index in [4.69, 9.17) is 0 Å². The van der Waals surface area contributed by atoms with Crippen LogP contribution in [0.4, 0.5) is 14.5 Å². The van der Waals surface area contributed by atoms with Gasteiger partial charge in [-0.15, -0.1) is 6.58 Å². The Morgan fingerprint density at radius 1 is 1.18 bits per heavy atom. The zero-order valence-corrected chi connectivity index (χ0v) is 13.2. The van der Waals surface area contributed by atoms with Gasteiger partial charge in [-0.3, -0.25) is 4.79 Å². The Morgan fingerprint density at radius 3 is 2.45 bits per heavy atom. The number of rotatable bonds is 5. The van der Waals surface area contributed by atoms with Crippen LogP contribution in [-0.2, 0) is 4.79 Å². The molecule has 0 radical (unpaired) electrons. The fraction of sp³-hybridized carbons (Fsp3) is 0.118. The Balaban J connectivity index is 2.22. The lowest BCUT2D eigenvalue weighted by Crippen LogP contribution is -2.21. The number of carbonyl (C=O) groups is 1. The van der Waals surface area contributed by atoms with Crippen molar-refractivity contribution >= 4 is 27.5 Å². The summed E-state index contributed by atoms with van der Waals surface area (Å²) in [5.74, 6) is -2.83.